The highest BCUT2D eigenvalue weighted by atomic mass is 35.5. The van der Waals surface area contributed by atoms with Gasteiger partial charge in [-0.1, -0.05) is 23.7 Å². The molecule has 4 nitrogen and oxygen atoms in total. The molecule has 0 aromatic heterocycles. The van der Waals surface area contributed by atoms with Gasteiger partial charge < -0.3 is 15.1 Å². The summed E-state index contributed by atoms with van der Waals surface area (Å²) in [6.07, 6.45) is -0.310. The summed E-state index contributed by atoms with van der Waals surface area (Å²) >= 11 is 5.67. The summed E-state index contributed by atoms with van der Waals surface area (Å²) in [5.74, 6) is 0. The van der Waals surface area contributed by atoms with Gasteiger partial charge in [0.05, 0.1) is 6.29 Å². The average molecular weight is 236 g/mol. The Morgan fingerprint density at radius 3 is 2.36 bits per heavy atom. The number of hydrogen-bond acceptors (Lipinski definition) is 2. The Kier molecular flexibility index (Phi) is 4.11. The van der Waals surface area contributed by atoms with Crippen molar-refractivity contribution in [1.29, 1.82) is 0 Å². The molecule has 0 aliphatic rings. The summed E-state index contributed by atoms with van der Waals surface area (Å²) in [5, 5.41) is 3.30. The molecule has 1 aromatic rings. The van der Waals surface area contributed by atoms with Crippen LogP contribution in [0.15, 0.2) is 24.3 Å². The van der Waals surface area contributed by atoms with E-state index in [1.807, 2.05) is 0 Å². The first-order valence-electron chi connectivity index (χ1n) is 3.97. The van der Waals surface area contributed by atoms with E-state index in [-0.39, 0.29) is 6.29 Å². The molecular formula is C8H11ClNO3P. The summed E-state index contributed by atoms with van der Waals surface area (Å²) in [6.45, 7) is 0.419. The van der Waals surface area contributed by atoms with Gasteiger partial charge in [-0.15, -0.1) is 0 Å². The van der Waals surface area contributed by atoms with Crippen molar-refractivity contribution in [1.82, 2.24) is 5.32 Å². The smallest absolute Gasteiger partial charge is 0.324 e. The van der Waals surface area contributed by atoms with Gasteiger partial charge in [-0.25, -0.2) is 0 Å². The van der Waals surface area contributed by atoms with Crippen LogP contribution in [0.4, 0.5) is 0 Å². The molecule has 6 heteroatoms. The summed E-state index contributed by atoms with van der Waals surface area (Å²) in [6, 6.07) is 7.07. The third kappa shape index (κ3) is 4.74. The van der Waals surface area contributed by atoms with Crippen molar-refractivity contribution in [2.45, 2.75) is 6.54 Å². The quantitative estimate of drug-likeness (QED) is 0.693. The summed E-state index contributed by atoms with van der Waals surface area (Å²) in [4.78, 5) is 17.1. The van der Waals surface area contributed by atoms with Crippen LogP contribution in [0, 0.1) is 0 Å². The molecule has 14 heavy (non-hydrogen) atoms. The first kappa shape index (κ1) is 11.7. The van der Waals surface area contributed by atoms with E-state index >= 15 is 0 Å². The van der Waals surface area contributed by atoms with Gasteiger partial charge in [-0.3, -0.25) is 4.57 Å². The van der Waals surface area contributed by atoms with Crippen molar-refractivity contribution >= 4 is 19.2 Å². The number of nitrogens with one attached hydrogen (secondary N) is 1. The molecule has 0 saturated carbocycles. The minimum atomic E-state index is -3.95. The fraction of sp³-hybridized carbons (Fsp3) is 0.250. The molecule has 78 valence electrons. The van der Waals surface area contributed by atoms with Crippen LogP contribution in [0.25, 0.3) is 0 Å². The second-order valence-corrected chi connectivity index (χ2v) is 4.96. The molecule has 0 amide bonds. The van der Waals surface area contributed by atoms with Gasteiger partial charge in [0.2, 0.25) is 0 Å². The lowest BCUT2D eigenvalue weighted by Crippen LogP contribution is -2.14. The predicted molar refractivity (Wildman–Crippen MR) is 55.2 cm³/mol. The second-order valence-electron chi connectivity index (χ2n) is 2.88. The van der Waals surface area contributed by atoms with Gasteiger partial charge in [0.15, 0.2) is 0 Å². The van der Waals surface area contributed by atoms with Crippen LogP contribution in [0.3, 0.4) is 0 Å². The first-order chi connectivity index (χ1) is 6.47. The molecule has 1 rings (SSSR count). The molecule has 3 N–H and O–H groups in total. The van der Waals surface area contributed by atoms with Crippen molar-refractivity contribution in [2.75, 3.05) is 6.29 Å². The van der Waals surface area contributed by atoms with Crippen LogP contribution in [0.5, 0.6) is 0 Å². The Morgan fingerprint density at radius 2 is 1.86 bits per heavy atom. The zero-order chi connectivity index (χ0) is 10.6. The van der Waals surface area contributed by atoms with E-state index in [4.69, 9.17) is 21.4 Å². The maximum Gasteiger partial charge on any atom is 0.339 e. The van der Waals surface area contributed by atoms with Gasteiger partial charge in [0.25, 0.3) is 0 Å². The van der Waals surface area contributed by atoms with Crippen LogP contribution in [0.2, 0.25) is 5.02 Å². The molecule has 0 bridgehead atoms. The van der Waals surface area contributed by atoms with E-state index in [1.165, 1.54) is 0 Å². The number of benzene rings is 1. The fourth-order valence-corrected chi connectivity index (χ4v) is 1.48. The SMILES string of the molecule is O=P(O)(O)CNCc1ccc(Cl)cc1. The van der Waals surface area contributed by atoms with Gasteiger partial charge in [-0.2, -0.15) is 0 Å². The molecule has 0 atom stereocenters. The monoisotopic (exact) mass is 235 g/mol. The Bertz CT molecular complexity index is 335. The number of rotatable bonds is 4. The highest BCUT2D eigenvalue weighted by Gasteiger charge is 2.10. The predicted octanol–water partition coefficient (Wildman–Crippen LogP) is 1.56. The molecule has 0 unspecified atom stereocenters. The third-order valence-corrected chi connectivity index (χ3v) is 2.45. The lowest BCUT2D eigenvalue weighted by Gasteiger charge is -2.06. The lowest BCUT2D eigenvalue weighted by atomic mass is 10.2. The topological polar surface area (TPSA) is 69.6 Å². The molecule has 0 fully saturated rings. The summed E-state index contributed by atoms with van der Waals surface area (Å²) in [5.41, 5.74) is 0.933. The minimum Gasteiger partial charge on any atom is -0.324 e. The number of halogens is 1. The van der Waals surface area contributed by atoms with Gasteiger partial charge in [0.1, 0.15) is 0 Å². The maximum atomic E-state index is 10.5. The maximum absolute atomic E-state index is 10.5. The molecule has 0 aliphatic carbocycles. The van der Waals surface area contributed by atoms with Crippen molar-refractivity contribution in [3.05, 3.63) is 34.9 Å². The van der Waals surface area contributed by atoms with Crippen LogP contribution < -0.4 is 5.32 Å². The highest BCUT2D eigenvalue weighted by molar-refractivity contribution is 7.51. The van der Waals surface area contributed by atoms with Crippen molar-refractivity contribution in [3.63, 3.8) is 0 Å². The fourth-order valence-electron chi connectivity index (χ4n) is 0.948. The van der Waals surface area contributed by atoms with E-state index in [0.29, 0.717) is 11.6 Å². The van der Waals surface area contributed by atoms with Crippen LogP contribution in [0.1, 0.15) is 5.56 Å². The Labute approximate surface area is 87.1 Å². The normalized spacial score (nSPS) is 11.6. The van der Waals surface area contributed by atoms with E-state index in [0.717, 1.165) is 5.56 Å². The first-order valence-corrected chi connectivity index (χ1v) is 6.15. The molecule has 0 radical (unpaired) electrons. The molecule has 0 saturated heterocycles. The van der Waals surface area contributed by atoms with E-state index in [2.05, 4.69) is 5.32 Å². The van der Waals surface area contributed by atoms with E-state index < -0.39 is 7.60 Å². The third-order valence-electron chi connectivity index (χ3n) is 1.56. The Hall–Kier alpha value is -0.380. The van der Waals surface area contributed by atoms with E-state index in [9.17, 15) is 4.57 Å². The summed E-state index contributed by atoms with van der Waals surface area (Å²) in [7, 11) is -3.95. The van der Waals surface area contributed by atoms with Gasteiger partial charge in [0, 0.05) is 11.6 Å². The van der Waals surface area contributed by atoms with Gasteiger partial charge in [-0.05, 0) is 17.7 Å². The molecule has 0 heterocycles. The molecule has 1 aromatic carbocycles. The van der Waals surface area contributed by atoms with Gasteiger partial charge >= 0.3 is 7.60 Å². The highest BCUT2D eigenvalue weighted by Crippen LogP contribution is 2.32. The molecule has 0 spiro atoms. The minimum absolute atomic E-state index is 0.310. The number of hydrogen-bond donors (Lipinski definition) is 3. The van der Waals surface area contributed by atoms with Crippen molar-refractivity contribution < 1.29 is 14.4 Å². The Balaban J connectivity index is 2.39. The standard InChI is InChI=1S/C8H11ClNO3P/c9-8-3-1-7(2-4-8)5-10-6-14(11,12)13/h1-4,10H,5-6H2,(H2,11,12,13). The Morgan fingerprint density at radius 1 is 1.29 bits per heavy atom. The average Bonchev–Trinajstić information content (AvgIpc) is 2.06. The van der Waals surface area contributed by atoms with Crippen LogP contribution >= 0.6 is 19.2 Å². The van der Waals surface area contributed by atoms with Crippen molar-refractivity contribution in [3.8, 4) is 0 Å². The van der Waals surface area contributed by atoms with Crippen LogP contribution in [-0.2, 0) is 11.1 Å². The second kappa shape index (κ2) is 4.91. The zero-order valence-electron chi connectivity index (χ0n) is 7.35. The molecule has 0 aliphatic heterocycles. The largest absolute Gasteiger partial charge is 0.339 e. The zero-order valence-corrected chi connectivity index (χ0v) is 9.00. The van der Waals surface area contributed by atoms with Crippen molar-refractivity contribution in [2.24, 2.45) is 0 Å². The molecular weight excluding hydrogens is 225 g/mol. The van der Waals surface area contributed by atoms with E-state index in [1.54, 1.807) is 24.3 Å². The van der Waals surface area contributed by atoms with Crippen LogP contribution in [-0.4, -0.2) is 16.1 Å². The summed E-state index contributed by atoms with van der Waals surface area (Å²) < 4.78 is 10.5. The lowest BCUT2D eigenvalue weighted by molar-refractivity contribution is 0.368.